The first-order valence-electron chi connectivity index (χ1n) is 7.80. The monoisotopic (exact) mass is 387 g/mol. The number of pyridine rings is 1. The predicted octanol–water partition coefficient (Wildman–Crippen LogP) is 2.95. The maximum absolute atomic E-state index is 12.4. The standard InChI is InChI=1S/C17H14ClN5O2S/c1-9-5-13-11(6-10(9)18)20-17(26-13)21-14(24)7-23-8-19-16-12(23)3-4-15(25)22(16)2/h3-6,8H,7H2,1-2H3,(H,20,21,24). The highest BCUT2D eigenvalue weighted by atomic mass is 35.5. The van der Waals surface area contributed by atoms with Gasteiger partial charge in [0, 0.05) is 18.1 Å². The number of rotatable bonds is 3. The first-order chi connectivity index (χ1) is 12.4. The van der Waals surface area contributed by atoms with Gasteiger partial charge >= 0.3 is 0 Å². The molecule has 3 heterocycles. The number of nitrogens with one attached hydrogen (secondary N) is 1. The number of imidazole rings is 1. The van der Waals surface area contributed by atoms with Gasteiger partial charge in [0.1, 0.15) is 6.54 Å². The summed E-state index contributed by atoms with van der Waals surface area (Å²) < 4.78 is 4.10. The van der Waals surface area contributed by atoms with Crippen LogP contribution in [-0.4, -0.2) is 25.0 Å². The van der Waals surface area contributed by atoms with Crippen molar-refractivity contribution < 1.29 is 4.79 Å². The van der Waals surface area contributed by atoms with Gasteiger partial charge in [-0.25, -0.2) is 9.97 Å². The molecule has 0 fully saturated rings. The van der Waals surface area contributed by atoms with Gasteiger partial charge in [-0.2, -0.15) is 0 Å². The van der Waals surface area contributed by atoms with E-state index >= 15 is 0 Å². The van der Waals surface area contributed by atoms with Crippen LogP contribution in [0.25, 0.3) is 21.4 Å². The number of halogens is 1. The zero-order valence-electron chi connectivity index (χ0n) is 14.0. The molecule has 0 radical (unpaired) electrons. The van der Waals surface area contributed by atoms with E-state index in [0.717, 1.165) is 15.8 Å². The van der Waals surface area contributed by atoms with Crippen LogP contribution in [0.1, 0.15) is 5.56 Å². The van der Waals surface area contributed by atoms with Gasteiger partial charge < -0.3 is 9.88 Å². The molecular formula is C17H14ClN5O2S. The molecule has 0 bridgehead atoms. The summed E-state index contributed by atoms with van der Waals surface area (Å²) in [5.41, 5.74) is 2.83. The summed E-state index contributed by atoms with van der Waals surface area (Å²) in [6.07, 6.45) is 1.55. The van der Waals surface area contributed by atoms with Gasteiger partial charge in [0.2, 0.25) is 5.91 Å². The third kappa shape index (κ3) is 2.87. The Labute approximate surface area is 156 Å². The number of aromatic nitrogens is 4. The van der Waals surface area contributed by atoms with Crippen LogP contribution in [-0.2, 0) is 18.4 Å². The second-order valence-corrected chi connectivity index (χ2v) is 7.39. The quantitative estimate of drug-likeness (QED) is 0.586. The van der Waals surface area contributed by atoms with Crippen LogP contribution in [0.2, 0.25) is 5.02 Å². The second-order valence-electron chi connectivity index (χ2n) is 5.95. The molecule has 0 aliphatic carbocycles. The minimum atomic E-state index is -0.222. The van der Waals surface area contributed by atoms with Crippen molar-refractivity contribution in [2.24, 2.45) is 7.05 Å². The Bertz CT molecular complexity index is 1180. The smallest absolute Gasteiger partial charge is 0.252 e. The van der Waals surface area contributed by atoms with Gasteiger partial charge in [-0.1, -0.05) is 22.9 Å². The number of aryl methyl sites for hydroxylation is 2. The number of anilines is 1. The minimum absolute atomic E-state index is 0.0738. The largest absolute Gasteiger partial charge is 0.320 e. The molecule has 4 aromatic rings. The molecule has 132 valence electrons. The van der Waals surface area contributed by atoms with E-state index in [4.69, 9.17) is 11.6 Å². The van der Waals surface area contributed by atoms with E-state index < -0.39 is 0 Å². The number of benzene rings is 1. The van der Waals surface area contributed by atoms with Gasteiger partial charge in [-0.15, -0.1) is 0 Å². The Hall–Kier alpha value is -2.71. The minimum Gasteiger partial charge on any atom is -0.320 e. The number of thiazole rings is 1. The molecule has 1 amide bonds. The fourth-order valence-electron chi connectivity index (χ4n) is 2.72. The van der Waals surface area contributed by atoms with Crippen LogP contribution in [0, 0.1) is 6.92 Å². The molecule has 0 saturated carbocycles. The van der Waals surface area contributed by atoms with Crippen LogP contribution in [0.15, 0.2) is 35.4 Å². The molecule has 0 spiro atoms. The molecule has 9 heteroatoms. The van der Waals surface area contributed by atoms with Crippen molar-refractivity contribution in [3.63, 3.8) is 0 Å². The van der Waals surface area contributed by atoms with E-state index in [1.807, 2.05) is 13.0 Å². The summed E-state index contributed by atoms with van der Waals surface area (Å²) >= 11 is 7.52. The van der Waals surface area contributed by atoms with Crippen molar-refractivity contribution in [1.82, 2.24) is 19.1 Å². The first-order valence-corrected chi connectivity index (χ1v) is 8.99. The summed E-state index contributed by atoms with van der Waals surface area (Å²) in [5.74, 6) is -0.222. The molecule has 4 rings (SSSR count). The Kier molecular flexibility index (Phi) is 4.01. The molecule has 0 aliphatic rings. The Morgan fingerprint density at radius 3 is 2.96 bits per heavy atom. The normalized spacial score (nSPS) is 11.3. The topological polar surface area (TPSA) is 81.8 Å². The number of fused-ring (bicyclic) bond motifs is 2. The highest BCUT2D eigenvalue weighted by molar-refractivity contribution is 7.22. The predicted molar refractivity (Wildman–Crippen MR) is 103 cm³/mol. The number of amides is 1. The highest BCUT2D eigenvalue weighted by Crippen LogP contribution is 2.30. The van der Waals surface area contributed by atoms with E-state index in [1.54, 1.807) is 30.1 Å². The summed E-state index contributed by atoms with van der Waals surface area (Å²) in [7, 11) is 1.65. The number of carbonyl (C=O) groups is 1. The number of hydrogen-bond donors (Lipinski definition) is 1. The summed E-state index contributed by atoms with van der Waals surface area (Å²) in [4.78, 5) is 32.7. The lowest BCUT2D eigenvalue weighted by Crippen LogP contribution is -2.19. The third-order valence-electron chi connectivity index (χ3n) is 4.12. The number of hydrogen-bond acceptors (Lipinski definition) is 5. The molecule has 7 nitrogen and oxygen atoms in total. The molecule has 3 aromatic heterocycles. The van der Waals surface area contributed by atoms with E-state index in [2.05, 4.69) is 15.3 Å². The van der Waals surface area contributed by atoms with Crippen LogP contribution in [0.4, 0.5) is 5.13 Å². The fraction of sp³-hybridized carbons (Fsp3) is 0.176. The van der Waals surface area contributed by atoms with Crippen molar-refractivity contribution >= 4 is 55.4 Å². The maximum Gasteiger partial charge on any atom is 0.252 e. The second kappa shape index (κ2) is 6.22. The van der Waals surface area contributed by atoms with E-state index in [1.165, 1.54) is 22.0 Å². The zero-order valence-corrected chi connectivity index (χ0v) is 15.6. The molecular weight excluding hydrogens is 374 g/mol. The van der Waals surface area contributed by atoms with E-state index in [-0.39, 0.29) is 18.0 Å². The zero-order chi connectivity index (χ0) is 18.4. The SMILES string of the molecule is Cc1cc2sc(NC(=O)Cn3cnc4c3ccc(=O)n4C)nc2cc1Cl. The third-order valence-corrected chi connectivity index (χ3v) is 5.46. The van der Waals surface area contributed by atoms with E-state index in [9.17, 15) is 9.59 Å². The summed E-state index contributed by atoms with van der Waals surface area (Å²) in [6, 6.07) is 6.87. The van der Waals surface area contributed by atoms with Crippen molar-refractivity contribution in [3.8, 4) is 0 Å². The van der Waals surface area contributed by atoms with Crippen LogP contribution < -0.4 is 10.9 Å². The van der Waals surface area contributed by atoms with Gasteiger partial charge in [0.25, 0.3) is 5.56 Å². The van der Waals surface area contributed by atoms with Crippen molar-refractivity contribution in [1.29, 1.82) is 0 Å². The van der Waals surface area contributed by atoms with Crippen LogP contribution in [0.5, 0.6) is 0 Å². The van der Waals surface area contributed by atoms with Crippen LogP contribution >= 0.6 is 22.9 Å². The molecule has 1 aromatic carbocycles. The molecule has 0 unspecified atom stereocenters. The van der Waals surface area contributed by atoms with Gasteiger partial charge in [-0.3, -0.25) is 14.2 Å². The Balaban J connectivity index is 1.58. The maximum atomic E-state index is 12.4. The lowest BCUT2D eigenvalue weighted by molar-refractivity contribution is -0.116. The summed E-state index contributed by atoms with van der Waals surface area (Å²) in [6.45, 7) is 2.00. The molecule has 0 saturated heterocycles. The lowest BCUT2D eigenvalue weighted by atomic mass is 10.2. The van der Waals surface area contributed by atoms with Gasteiger partial charge in [0.15, 0.2) is 10.8 Å². The molecule has 0 atom stereocenters. The highest BCUT2D eigenvalue weighted by Gasteiger charge is 2.12. The molecule has 1 N–H and O–H groups in total. The average molecular weight is 388 g/mol. The Morgan fingerprint density at radius 1 is 1.35 bits per heavy atom. The van der Waals surface area contributed by atoms with Gasteiger partial charge in [0.05, 0.1) is 22.1 Å². The van der Waals surface area contributed by atoms with Gasteiger partial charge in [-0.05, 0) is 30.7 Å². The summed E-state index contributed by atoms with van der Waals surface area (Å²) in [5, 5.41) is 3.97. The van der Waals surface area contributed by atoms with Crippen LogP contribution in [0.3, 0.4) is 0 Å². The molecule has 0 aliphatic heterocycles. The van der Waals surface area contributed by atoms with Crippen molar-refractivity contribution in [2.75, 3.05) is 5.32 Å². The van der Waals surface area contributed by atoms with Crippen molar-refractivity contribution in [3.05, 3.63) is 51.5 Å². The average Bonchev–Trinajstić information content (AvgIpc) is 3.15. The fourth-order valence-corrected chi connectivity index (χ4v) is 3.84. The van der Waals surface area contributed by atoms with Crippen molar-refractivity contribution in [2.45, 2.75) is 13.5 Å². The first kappa shape index (κ1) is 16.7. The van der Waals surface area contributed by atoms with E-state index in [0.29, 0.717) is 21.3 Å². The number of carbonyl (C=O) groups excluding carboxylic acids is 1. The Morgan fingerprint density at radius 2 is 2.15 bits per heavy atom. The number of nitrogens with zero attached hydrogens (tertiary/aromatic N) is 4. The molecule has 26 heavy (non-hydrogen) atoms. The lowest BCUT2D eigenvalue weighted by Gasteiger charge is -2.04.